The minimum Gasteiger partial charge on any atom is -0.371 e. The summed E-state index contributed by atoms with van der Waals surface area (Å²) in [6, 6.07) is 11.5. The molecule has 2 fully saturated rings. The second-order valence-corrected chi connectivity index (χ2v) is 8.53. The first-order valence-electron chi connectivity index (χ1n) is 11.3. The molecule has 2 aliphatic rings. The average Bonchev–Trinajstić information content (AvgIpc) is 2.76. The van der Waals surface area contributed by atoms with Crippen LogP contribution in [0, 0.1) is 5.92 Å². The van der Waals surface area contributed by atoms with E-state index in [4.69, 9.17) is 0 Å². The summed E-state index contributed by atoms with van der Waals surface area (Å²) in [7, 11) is 0. The molecule has 0 atom stereocenters. The number of fused-ring (bicyclic) bond motifs is 1. The Hall–Kier alpha value is -1.65. The van der Waals surface area contributed by atoms with E-state index < -0.39 is 0 Å². The van der Waals surface area contributed by atoms with Crippen molar-refractivity contribution in [1.29, 1.82) is 0 Å². The fraction of sp³-hybridized carbons (Fsp3) is 0.625. The topological polar surface area (TPSA) is 22.6 Å². The van der Waals surface area contributed by atoms with Crippen molar-refractivity contribution >= 4 is 16.6 Å². The standard InChI is InChI=1S/C24H36N4/c1-3-27(4-2)21-12-15-26(16-13-21)19-20-10-17-28(18-11-20)24-9-14-25-23-8-6-5-7-22(23)24/h5-9,14,20-21H,3-4,10-13,15-19H2,1-2H3. The van der Waals surface area contributed by atoms with E-state index in [-0.39, 0.29) is 0 Å². The number of hydrogen-bond donors (Lipinski definition) is 0. The highest BCUT2D eigenvalue weighted by atomic mass is 15.2. The lowest BCUT2D eigenvalue weighted by Crippen LogP contribution is -2.47. The molecule has 0 aliphatic carbocycles. The summed E-state index contributed by atoms with van der Waals surface area (Å²) in [4.78, 5) is 12.5. The molecule has 0 spiro atoms. The van der Waals surface area contributed by atoms with Gasteiger partial charge in [-0.1, -0.05) is 32.0 Å². The summed E-state index contributed by atoms with van der Waals surface area (Å²) in [5.41, 5.74) is 2.47. The third-order valence-electron chi connectivity index (χ3n) is 6.98. The molecule has 0 radical (unpaired) electrons. The van der Waals surface area contributed by atoms with E-state index in [0.717, 1.165) is 17.5 Å². The van der Waals surface area contributed by atoms with Crippen molar-refractivity contribution in [2.75, 3.05) is 50.7 Å². The highest BCUT2D eigenvalue weighted by molar-refractivity contribution is 5.91. The molecule has 0 bridgehead atoms. The Balaban J connectivity index is 1.28. The minimum atomic E-state index is 0.813. The molecule has 3 heterocycles. The first kappa shape index (κ1) is 19.7. The summed E-state index contributed by atoms with van der Waals surface area (Å²) >= 11 is 0. The van der Waals surface area contributed by atoms with Gasteiger partial charge < -0.3 is 14.7 Å². The van der Waals surface area contributed by atoms with E-state index in [0.29, 0.717) is 0 Å². The van der Waals surface area contributed by atoms with Gasteiger partial charge in [0.05, 0.1) is 5.52 Å². The molecule has 2 aromatic rings. The third kappa shape index (κ3) is 4.33. The first-order valence-corrected chi connectivity index (χ1v) is 11.3. The molecule has 0 unspecified atom stereocenters. The maximum atomic E-state index is 4.52. The van der Waals surface area contributed by atoms with Crippen LogP contribution in [0.3, 0.4) is 0 Å². The highest BCUT2D eigenvalue weighted by Gasteiger charge is 2.26. The molecule has 1 aromatic carbocycles. The van der Waals surface area contributed by atoms with Gasteiger partial charge in [-0.15, -0.1) is 0 Å². The smallest absolute Gasteiger partial charge is 0.0722 e. The minimum absolute atomic E-state index is 0.813. The molecule has 2 aliphatic heterocycles. The van der Waals surface area contributed by atoms with Crippen molar-refractivity contribution < 1.29 is 0 Å². The monoisotopic (exact) mass is 380 g/mol. The molecule has 4 rings (SSSR count). The lowest BCUT2D eigenvalue weighted by Gasteiger charge is -2.40. The van der Waals surface area contributed by atoms with Crippen LogP contribution < -0.4 is 4.90 Å². The van der Waals surface area contributed by atoms with Gasteiger partial charge in [-0.3, -0.25) is 4.98 Å². The van der Waals surface area contributed by atoms with E-state index in [9.17, 15) is 0 Å². The van der Waals surface area contributed by atoms with Gasteiger partial charge in [-0.2, -0.15) is 0 Å². The second kappa shape index (κ2) is 9.23. The van der Waals surface area contributed by atoms with Gasteiger partial charge in [0, 0.05) is 42.9 Å². The predicted octanol–water partition coefficient (Wildman–Crippen LogP) is 4.26. The number of anilines is 1. The van der Waals surface area contributed by atoms with Gasteiger partial charge in [-0.25, -0.2) is 0 Å². The average molecular weight is 381 g/mol. The van der Waals surface area contributed by atoms with Gasteiger partial charge in [0.1, 0.15) is 0 Å². The van der Waals surface area contributed by atoms with Gasteiger partial charge in [0.2, 0.25) is 0 Å². The molecule has 0 saturated carbocycles. The van der Waals surface area contributed by atoms with Crippen LogP contribution in [0.2, 0.25) is 0 Å². The third-order valence-corrected chi connectivity index (χ3v) is 6.98. The Morgan fingerprint density at radius 1 is 0.929 bits per heavy atom. The normalized spacial score (nSPS) is 20.3. The maximum absolute atomic E-state index is 4.52. The summed E-state index contributed by atoms with van der Waals surface area (Å²) < 4.78 is 0. The number of aromatic nitrogens is 1. The van der Waals surface area contributed by atoms with Crippen LogP contribution in [-0.4, -0.2) is 66.6 Å². The molecular formula is C24H36N4. The van der Waals surface area contributed by atoms with E-state index in [1.165, 1.54) is 82.6 Å². The quantitative estimate of drug-likeness (QED) is 0.747. The summed E-state index contributed by atoms with van der Waals surface area (Å²) in [6.45, 7) is 13.2. The van der Waals surface area contributed by atoms with Crippen molar-refractivity contribution in [2.24, 2.45) is 5.92 Å². The Kier molecular flexibility index (Phi) is 6.48. The number of likely N-dealkylation sites (tertiary alicyclic amines) is 1. The summed E-state index contributed by atoms with van der Waals surface area (Å²) in [6.07, 6.45) is 7.29. The van der Waals surface area contributed by atoms with E-state index in [1.807, 2.05) is 6.20 Å². The Labute approximate surface area is 170 Å². The predicted molar refractivity (Wildman–Crippen MR) is 119 cm³/mol. The molecule has 2 saturated heterocycles. The zero-order valence-electron chi connectivity index (χ0n) is 17.7. The number of benzene rings is 1. The highest BCUT2D eigenvalue weighted by Crippen LogP contribution is 2.30. The summed E-state index contributed by atoms with van der Waals surface area (Å²) in [5, 5.41) is 1.29. The van der Waals surface area contributed by atoms with Crippen LogP contribution in [-0.2, 0) is 0 Å². The molecule has 1 aromatic heterocycles. The zero-order chi connectivity index (χ0) is 19.3. The van der Waals surface area contributed by atoms with E-state index >= 15 is 0 Å². The van der Waals surface area contributed by atoms with Crippen molar-refractivity contribution in [3.8, 4) is 0 Å². The number of piperidine rings is 2. The molecule has 28 heavy (non-hydrogen) atoms. The number of nitrogens with zero attached hydrogens (tertiary/aromatic N) is 4. The Bertz CT molecular complexity index is 736. The van der Waals surface area contributed by atoms with Crippen molar-refractivity contribution in [3.05, 3.63) is 36.5 Å². The zero-order valence-corrected chi connectivity index (χ0v) is 17.7. The van der Waals surface area contributed by atoms with Crippen LogP contribution in [0.4, 0.5) is 5.69 Å². The largest absolute Gasteiger partial charge is 0.371 e. The molecule has 4 heteroatoms. The molecule has 152 valence electrons. The van der Waals surface area contributed by atoms with Gasteiger partial charge in [-0.05, 0) is 69.9 Å². The fourth-order valence-corrected chi connectivity index (χ4v) is 5.29. The fourth-order valence-electron chi connectivity index (χ4n) is 5.29. The SMILES string of the molecule is CCN(CC)C1CCN(CC2CCN(c3ccnc4ccccc34)CC2)CC1. The van der Waals surface area contributed by atoms with Crippen LogP contribution in [0.1, 0.15) is 39.5 Å². The van der Waals surface area contributed by atoms with E-state index in [2.05, 4.69) is 63.9 Å². The van der Waals surface area contributed by atoms with Gasteiger partial charge >= 0.3 is 0 Å². The van der Waals surface area contributed by atoms with Crippen molar-refractivity contribution in [1.82, 2.24) is 14.8 Å². The van der Waals surface area contributed by atoms with Crippen LogP contribution in [0.15, 0.2) is 36.5 Å². The van der Waals surface area contributed by atoms with E-state index in [1.54, 1.807) is 0 Å². The van der Waals surface area contributed by atoms with Crippen LogP contribution in [0.25, 0.3) is 10.9 Å². The molecule has 0 amide bonds. The number of pyridine rings is 1. The van der Waals surface area contributed by atoms with Crippen molar-refractivity contribution in [2.45, 2.75) is 45.6 Å². The van der Waals surface area contributed by atoms with Gasteiger partial charge in [0.15, 0.2) is 0 Å². The van der Waals surface area contributed by atoms with Gasteiger partial charge in [0.25, 0.3) is 0 Å². The molecular weight excluding hydrogens is 344 g/mol. The second-order valence-electron chi connectivity index (χ2n) is 8.53. The lowest BCUT2D eigenvalue weighted by atomic mass is 9.94. The number of rotatable bonds is 6. The lowest BCUT2D eigenvalue weighted by molar-refractivity contribution is 0.102. The summed E-state index contributed by atoms with van der Waals surface area (Å²) in [5.74, 6) is 0.856. The number of para-hydroxylation sites is 1. The molecule has 4 nitrogen and oxygen atoms in total. The number of hydrogen-bond acceptors (Lipinski definition) is 4. The van der Waals surface area contributed by atoms with Crippen LogP contribution in [0.5, 0.6) is 0 Å². The first-order chi connectivity index (χ1) is 13.8. The van der Waals surface area contributed by atoms with Crippen LogP contribution >= 0.6 is 0 Å². The molecule has 0 N–H and O–H groups in total. The Morgan fingerprint density at radius 2 is 1.64 bits per heavy atom. The maximum Gasteiger partial charge on any atom is 0.0722 e. The Morgan fingerprint density at radius 3 is 2.36 bits per heavy atom. The van der Waals surface area contributed by atoms with Crippen molar-refractivity contribution in [3.63, 3.8) is 0 Å².